The number of carbonyl (C=O) groups is 2. The van der Waals surface area contributed by atoms with E-state index in [1.54, 1.807) is 29.2 Å². The summed E-state index contributed by atoms with van der Waals surface area (Å²) >= 11 is 0. The van der Waals surface area contributed by atoms with Crippen LogP contribution in [0.4, 0.5) is 0 Å². The molecule has 1 fully saturated rings. The van der Waals surface area contributed by atoms with Crippen LogP contribution in [0.15, 0.2) is 54.6 Å². The number of hydrogen-bond acceptors (Lipinski definition) is 5. The lowest BCUT2D eigenvalue weighted by atomic mass is 10.1. The van der Waals surface area contributed by atoms with E-state index >= 15 is 0 Å². The van der Waals surface area contributed by atoms with Gasteiger partial charge in [0.15, 0.2) is 0 Å². The summed E-state index contributed by atoms with van der Waals surface area (Å²) < 4.78 is 16.0. The molecule has 0 bridgehead atoms. The van der Waals surface area contributed by atoms with E-state index in [1.807, 2.05) is 30.3 Å². The minimum atomic E-state index is -0.752. The monoisotopic (exact) mass is 355 g/mol. The van der Waals surface area contributed by atoms with Crippen molar-refractivity contribution in [3.05, 3.63) is 65.7 Å². The van der Waals surface area contributed by atoms with Crippen LogP contribution in [0.1, 0.15) is 22.0 Å². The molecule has 26 heavy (non-hydrogen) atoms. The van der Waals surface area contributed by atoms with Crippen molar-refractivity contribution in [2.75, 3.05) is 33.4 Å². The predicted molar refractivity (Wildman–Crippen MR) is 95.0 cm³/mol. The maximum Gasteiger partial charge on any atom is 0.337 e. The van der Waals surface area contributed by atoms with Gasteiger partial charge in [-0.25, -0.2) is 4.79 Å². The van der Waals surface area contributed by atoms with Gasteiger partial charge in [0.25, 0.3) is 5.91 Å². The molecule has 1 aliphatic heterocycles. The van der Waals surface area contributed by atoms with Gasteiger partial charge in [0.05, 0.1) is 25.9 Å². The van der Waals surface area contributed by atoms with Gasteiger partial charge in [0.1, 0.15) is 5.75 Å². The molecule has 136 valence electrons. The lowest BCUT2D eigenvalue weighted by Gasteiger charge is -2.30. The van der Waals surface area contributed by atoms with Crippen LogP contribution in [0, 0.1) is 0 Å². The molecule has 6 nitrogen and oxygen atoms in total. The van der Waals surface area contributed by atoms with Crippen LogP contribution in [0.3, 0.4) is 0 Å². The molecule has 0 unspecified atom stereocenters. The van der Waals surface area contributed by atoms with Gasteiger partial charge in [0, 0.05) is 18.7 Å². The first-order valence-electron chi connectivity index (χ1n) is 8.45. The van der Waals surface area contributed by atoms with Crippen LogP contribution in [0.2, 0.25) is 0 Å². The van der Waals surface area contributed by atoms with Crippen molar-refractivity contribution in [3.63, 3.8) is 0 Å². The van der Waals surface area contributed by atoms with Gasteiger partial charge < -0.3 is 19.1 Å². The summed E-state index contributed by atoms with van der Waals surface area (Å²) in [5.41, 5.74) is 1.21. The minimum absolute atomic E-state index is 0.100. The van der Waals surface area contributed by atoms with Crippen LogP contribution in [0.25, 0.3) is 0 Å². The fourth-order valence-electron chi connectivity index (χ4n) is 2.76. The van der Waals surface area contributed by atoms with E-state index in [-0.39, 0.29) is 5.91 Å². The second kappa shape index (κ2) is 8.49. The third-order valence-corrected chi connectivity index (χ3v) is 4.18. The Hall–Kier alpha value is -2.86. The summed E-state index contributed by atoms with van der Waals surface area (Å²) in [7, 11) is 1.33. The van der Waals surface area contributed by atoms with Gasteiger partial charge in [0.2, 0.25) is 6.10 Å². The molecule has 0 aliphatic carbocycles. The topological polar surface area (TPSA) is 65.1 Å². The fraction of sp³-hybridized carbons (Fsp3) is 0.300. The average Bonchev–Trinajstić information content (AvgIpc) is 2.72. The molecule has 6 heteroatoms. The third kappa shape index (κ3) is 4.21. The SMILES string of the molecule is COC(=O)c1ccc(O[C@@H](C(=O)N2CCOCC2)c2ccccc2)cc1. The predicted octanol–water partition coefficient (Wildman–Crippen LogP) is 2.45. The molecule has 0 aromatic heterocycles. The zero-order valence-corrected chi connectivity index (χ0v) is 14.6. The summed E-state index contributed by atoms with van der Waals surface area (Å²) in [6.07, 6.45) is -0.752. The summed E-state index contributed by atoms with van der Waals surface area (Å²) in [6.45, 7) is 2.15. The number of benzene rings is 2. The number of ether oxygens (including phenoxy) is 3. The highest BCUT2D eigenvalue weighted by Crippen LogP contribution is 2.25. The second-order valence-corrected chi connectivity index (χ2v) is 5.86. The van der Waals surface area contributed by atoms with E-state index in [0.717, 1.165) is 5.56 Å². The standard InChI is InChI=1S/C20H21NO5/c1-24-20(23)16-7-9-17(10-8-16)26-18(15-5-3-2-4-6-15)19(22)21-11-13-25-14-12-21/h2-10,18H,11-14H2,1H3/t18-/m1/s1. The van der Waals surface area contributed by atoms with Crippen molar-refractivity contribution >= 4 is 11.9 Å². The second-order valence-electron chi connectivity index (χ2n) is 5.86. The number of amides is 1. The number of carbonyl (C=O) groups excluding carboxylic acids is 2. The van der Waals surface area contributed by atoms with E-state index in [1.165, 1.54) is 7.11 Å². The summed E-state index contributed by atoms with van der Waals surface area (Å²) in [5.74, 6) is -0.00906. The van der Waals surface area contributed by atoms with Crippen molar-refractivity contribution in [3.8, 4) is 5.75 Å². The van der Waals surface area contributed by atoms with Crippen molar-refractivity contribution in [1.82, 2.24) is 4.90 Å². The first kappa shape index (κ1) is 17.9. The Kier molecular flexibility index (Phi) is 5.86. The van der Waals surface area contributed by atoms with E-state index in [2.05, 4.69) is 0 Å². The number of hydrogen-bond donors (Lipinski definition) is 0. The smallest absolute Gasteiger partial charge is 0.337 e. The number of nitrogens with zero attached hydrogens (tertiary/aromatic N) is 1. The van der Waals surface area contributed by atoms with Gasteiger partial charge >= 0.3 is 5.97 Å². The molecular formula is C20H21NO5. The number of methoxy groups -OCH3 is 1. The number of morpholine rings is 1. The Bertz CT molecular complexity index is 739. The minimum Gasteiger partial charge on any atom is -0.476 e. The Morgan fingerprint density at radius 1 is 1.00 bits per heavy atom. The molecule has 1 atom stereocenters. The zero-order chi connectivity index (χ0) is 18.4. The maximum absolute atomic E-state index is 13.0. The van der Waals surface area contributed by atoms with Crippen molar-refractivity contribution in [2.24, 2.45) is 0 Å². The average molecular weight is 355 g/mol. The molecule has 0 spiro atoms. The largest absolute Gasteiger partial charge is 0.476 e. The van der Waals surface area contributed by atoms with Crippen LogP contribution in [-0.2, 0) is 14.3 Å². The summed E-state index contributed by atoms with van der Waals surface area (Å²) in [6, 6.07) is 15.9. The Morgan fingerprint density at radius 3 is 2.27 bits per heavy atom. The van der Waals surface area contributed by atoms with Gasteiger partial charge in [-0.05, 0) is 24.3 Å². The molecule has 3 rings (SSSR count). The first-order valence-corrected chi connectivity index (χ1v) is 8.45. The highest BCUT2D eigenvalue weighted by molar-refractivity contribution is 5.89. The molecular weight excluding hydrogens is 334 g/mol. The van der Waals surface area contributed by atoms with Crippen LogP contribution < -0.4 is 4.74 Å². The Labute approximate surface area is 152 Å². The van der Waals surface area contributed by atoms with Crippen molar-refractivity contribution in [2.45, 2.75) is 6.10 Å². The molecule has 0 saturated carbocycles. The van der Waals surface area contributed by atoms with Gasteiger partial charge in [-0.1, -0.05) is 30.3 Å². The summed E-state index contributed by atoms with van der Waals surface area (Å²) in [5, 5.41) is 0. The van der Waals surface area contributed by atoms with Gasteiger partial charge in [-0.3, -0.25) is 4.79 Å². The Morgan fingerprint density at radius 2 is 1.65 bits per heavy atom. The molecule has 0 N–H and O–H groups in total. The molecule has 1 amide bonds. The number of esters is 1. The van der Waals surface area contributed by atoms with Crippen LogP contribution in [0.5, 0.6) is 5.75 Å². The molecule has 2 aromatic carbocycles. The molecule has 1 aliphatic rings. The van der Waals surface area contributed by atoms with Crippen molar-refractivity contribution in [1.29, 1.82) is 0 Å². The molecule has 1 heterocycles. The normalized spacial score (nSPS) is 15.2. The van der Waals surface area contributed by atoms with E-state index in [4.69, 9.17) is 14.2 Å². The molecule has 0 radical (unpaired) electrons. The Balaban J connectivity index is 1.81. The van der Waals surface area contributed by atoms with E-state index in [0.29, 0.717) is 37.6 Å². The summed E-state index contributed by atoms with van der Waals surface area (Å²) in [4.78, 5) is 26.3. The van der Waals surface area contributed by atoms with Crippen LogP contribution >= 0.6 is 0 Å². The number of rotatable bonds is 5. The fourth-order valence-corrected chi connectivity index (χ4v) is 2.76. The van der Waals surface area contributed by atoms with Gasteiger partial charge in [-0.2, -0.15) is 0 Å². The van der Waals surface area contributed by atoms with E-state index in [9.17, 15) is 9.59 Å². The molecule has 2 aromatic rings. The molecule has 1 saturated heterocycles. The van der Waals surface area contributed by atoms with Gasteiger partial charge in [-0.15, -0.1) is 0 Å². The zero-order valence-electron chi connectivity index (χ0n) is 14.6. The third-order valence-electron chi connectivity index (χ3n) is 4.18. The quantitative estimate of drug-likeness (QED) is 0.771. The lowest BCUT2D eigenvalue weighted by Crippen LogP contribution is -2.44. The highest BCUT2D eigenvalue weighted by atomic mass is 16.5. The first-order chi connectivity index (χ1) is 12.7. The maximum atomic E-state index is 13.0. The lowest BCUT2D eigenvalue weighted by molar-refractivity contribution is -0.143. The van der Waals surface area contributed by atoms with E-state index < -0.39 is 12.1 Å². The highest BCUT2D eigenvalue weighted by Gasteiger charge is 2.29. The van der Waals surface area contributed by atoms with Crippen molar-refractivity contribution < 1.29 is 23.8 Å². The van der Waals surface area contributed by atoms with Crippen LogP contribution in [-0.4, -0.2) is 50.2 Å².